The highest BCUT2D eigenvalue weighted by atomic mass is 79.9. The van der Waals surface area contributed by atoms with E-state index in [4.69, 9.17) is 0 Å². The molecule has 0 atom stereocenters. The van der Waals surface area contributed by atoms with Gasteiger partial charge in [-0.1, -0.05) is 15.9 Å². The molecular weight excluding hydrogens is 322 g/mol. The van der Waals surface area contributed by atoms with E-state index in [9.17, 15) is 10.0 Å². The minimum absolute atomic E-state index is 0.0650. The Bertz CT molecular complexity index is 652. The zero-order valence-electron chi connectivity index (χ0n) is 10.8. The van der Waals surface area contributed by atoms with Crippen molar-refractivity contribution in [3.05, 3.63) is 29.0 Å². The summed E-state index contributed by atoms with van der Waals surface area (Å²) in [7, 11) is 0. The van der Waals surface area contributed by atoms with Crippen molar-refractivity contribution in [1.29, 1.82) is 0 Å². The van der Waals surface area contributed by atoms with Crippen molar-refractivity contribution in [1.82, 2.24) is 9.97 Å². The van der Waals surface area contributed by atoms with E-state index in [0.717, 1.165) is 15.4 Å². The molecule has 1 heterocycles. The number of ketones is 1. The number of carbonyl (C=O) groups is 1. The van der Waals surface area contributed by atoms with Crippen molar-refractivity contribution >= 4 is 38.4 Å². The number of hydrogen-bond donors (Lipinski definition) is 1. The Labute approximate surface area is 124 Å². The van der Waals surface area contributed by atoms with E-state index in [0.29, 0.717) is 31.5 Å². The zero-order chi connectivity index (χ0) is 14.1. The van der Waals surface area contributed by atoms with Crippen molar-refractivity contribution in [3.63, 3.8) is 0 Å². The van der Waals surface area contributed by atoms with E-state index in [1.165, 1.54) is 11.4 Å². The van der Waals surface area contributed by atoms with E-state index in [1.54, 1.807) is 0 Å². The summed E-state index contributed by atoms with van der Waals surface area (Å²) in [5.74, 6) is 0.764. The molecule has 1 fully saturated rings. The van der Waals surface area contributed by atoms with Crippen LogP contribution < -0.4 is 5.06 Å². The highest BCUT2D eigenvalue weighted by molar-refractivity contribution is 9.10. The Morgan fingerprint density at radius 3 is 2.75 bits per heavy atom. The standard InChI is InChI=1S/C14H14BrN3O2/c15-9-1-6-13-12(7-9)14(17-8-16-13)18(20)10-2-4-11(19)5-3-10/h1,6-8,10,20H,2-5H2. The third kappa shape index (κ3) is 2.53. The number of nitrogens with zero attached hydrogens (tertiary/aromatic N) is 3. The van der Waals surface area contributed by atoms with E-state index < -0.39 is 0 Å². The Balaban J connectivity index is 1.96. The van der Waals surface area contributed by atoms with E-state index >= 15 is 0 Å². The van der Waals surface area contributed by atoms with Gasteiger partial charge in [0, 0.05) is 22.7 Å². The van der Waals surface area contributed by atoms with Crippen molar-refractivity contribution < 1.29 is 10.0 Å². The molecule has 2 aromatic rings. The van der Waals surface area contributed by atoms with Gasteiger partial charge >= 0.3 is 0 Å². The monoisotopic (exact) mass is 335 g/mol. The lowest BCUT2D eigenvalue weighted by molar-refractivity contribution is -0.120. The van der Waals surface area contributed by atoms with Gasteiger partial charge in [-0.15, -0.1) is 0 Å². The van der Waals surface area contributed by atoms with Gasteiger partial charge in [-0.2, -0.15) is 0 Å². The largest absolute Gasteiger partial charge is 0.300 e. The lowest BCUT2D eigenvalue weighted by Crippen LogP contribution is -2.36. The van der Waals surface area contributed by atoms with Crippen LogP contribution >= 0.6 is 15.9 Å². The van der Waals surface area contributed by atoms with Gasteiger partial charge in [0.05, 0.1) is 11.6 Å². The molecule has 1 aromatic heterocycles. The summed E-state index contributed by atoms with van der Waals surface area (Å²) < 4.78 is 0.910. The summed E-state index contributed by atoms with van der Waals surface area (Å²) in [6.07, 6.45) is 3.81. The molecule has 0 spiro atoms. The third-order valence-corrected chi connectivity index (χ3v) is 4.15. The Kier molecular flexibility index (Phi) is 3.67. The maximum Gasteiger partial charge on any atom is 0.163 e. The number of benzene rings is 1. The highest BCUT2D eigenvalue weighted by Gasteiger charge is 2.25. The summed E-state index contributed by atoms with van der Waals surface area (Å²) in [5.41, 5.74) is 0.782. The van der Waals surface area contributed by atoms with Gasteiger partial charge in [0.1, 0.15) is 12.1 Å². The number of anilines is 1. The molecule has 1 saturated carbocycles. The molecule has 5 nitrogen and oxygen atoms in total. The van der Waals surface area contributed by atoms with Crippen LogP contribution in [0.2, 0.25) is 0 Å². The number of hydrogen-bond acceptors (Lipinski definition) is 5. The third-order valence-electron chi connectivity index (χ3n) is 3.65. The molecule has 6 heteroatoms. The average Bonchev–Trinajstić information content (AvgIpc) is 2.46. The fourth-order valence-corrected chi connectivity index (χ4v) is 2.90. The fourth-order valence-electron chi connectivity index (χ4n) is 2.54. The predicted molar refractivity (Wildman–Crippen MR) is 78.8 cm³/mol. The summed E-state index contributed by atoms with van der Waals surface area (Å²) in [6.45, 7) is 0. The molecule has 3 rings (SSSR count). The van der Waals surface area contributed by atoms with Crippen LogP contribution in [0.15, 0.2) is 29.0 Å². The zero-order valence-corrected chi connectivity index (χ0v) is 12.4. The Morgan fingerprint density at radius 1 is 1.25 bits per heavy atom. The average molecular weight is 336 g/mol. The van der Waals surface area contributed by atoms with Gasteiger partial charge in [-0.25, -0.2) is 15.0 Å². The normalized spacial score (nSPS) is 16.6. The number of halogens is 1. The maximum absolute atomic E-state index is 11.3. The topological polar surface area (TPSA) is 66.3 Å². The van der Waals surface area contributed by atoms with Crippen LogP contribution in [0.4, 0.5) is 5.82 Å². The second-order valence-corrected chi connectivity index (χ2v) is 5.89. The van der Waals surface area contributed by atoms with Crippen LogP contribution in [-0.4, -0.2) is 27.0 Å². The molecule has 1 N–H and O–H groups in total. The van der Waals surface area contributed by atoms with Crippen LogP contribution in [0.25, 0.3) is 10.9 Å². The van der Waals surface area contributed by atoms with Crippen molar-refractivity contribution in [2.75, 3.05) is 5.06 Å². The first-order valence-corrected chi connectivity index (χ1v) is 7.34. The predicted octanol–water partition coefficient (Wildman–Crippen LogP) is 3.10. The van der Waals surface area contributed by atoms with Gasteiger partial charge in [0.25, 0.3) is 0 Å². The first kappa shape index (κ1) is 13.5. The number of fused-ring (bicyclic) bond motifs is 1. The SMILES string of the molecule is O=C1CCC(N(O)c2ncnc3ccc(Br)cc23)CC1. The molecule has 0 unspecified atom stereocenters. The van der Waals surface area contributed by atoms with Gasteiger partial charge in [0.15, 0.2) is 5.82 Å². The van der Waals surface area contributed by atoms with Crippen molar-refractivity contribution in [3.8, 4) is 0 Å². The lowest BCUT2D eigenvalue weighted by Gasteiger charge is -2.29. The molecule has 20 heavy (non-hydrogen) atoms. The lowest BCUT2D eigenvalue weighted by atomic mass is 9.94. The first-order chi connectivity index (χ1) is 9.65. The van der Waals surface area contributed by atoms with Crippen molar-refractivity contribution in [2.45, 2.75) is 31.7 Å². The molecule has 0 saturated heterocycles. The smallest absolute Gasteiger partial charge is 0.163 e. The molecule has 104 valence electrons. The second kappa shape index (κ2) is 5.46. The minimum Gasteiger partial charge on any atom is -0.300 e. The molecule has 1 aliphatic carbocycles. The quantitative estimate of drug-likeness (QED) is 0.854. The summed E-state index contributed by atoms with van der Waals surface area (Å²) >= 11 is 3.42. The highest BCUT2D eigenvalue weighted by Crippen LogP contribution is 2.29. The minimum atomic E-state index is -0.0650. The second-order valence-electron chi connectivity index (χ2n) is 4.97. The van der Waals surface area contributed by atoms with Crippen molar-refractivity contribution in [2.24, 2.45) is 0 Å². The maximum atomic E-state index is 11.3. The van der Waals surface area contributed by atoms with Crippen LogP contribution in [-0.2, 0) is 4.79 Å². The number of hydroxylamine groups is 1. The molecule has 1 aromatic carbocycles. The molecular formula is C14H14BrN3O2. The van der Waals surface area contributed by atoms with Gasteiger partial charge < -0.3 is 0 Å². The molecule has 0 bridgehead atoms. The molecule has 0 aliphatic heterocycles. The molecule has 0 radical (unpaired) electrons. The molecule has 0 amide bonds. The van der Waals surface area contributed by atoms with Crippen LogP contribution in [0.3, 0.4) is 0 Å². The van der Waals surface area contributed by atoms with Gasteiger partial charge in [-0.3, -0.25) is 10.0 Å². The summed E-state index contributed by atoms with van der Waals surface area (Å²) in [5, 5.41) is 12.4. The fraction of sp³-hybridized carbons (Fsp3) is 0.357. The van der Waals surface area contributed by atoms with E-state index in [1.807, 2.05) is 18.2 Å². The van der Waals surface area contributed by atoms with Gasteiger partial charge in [0.2, 0.25) is 0 Å². The number of Topliss-reactive ketones (excluding diaryl/α,β-unsaturated/α-hetero) is 1. The van der Waals surface area contributed by atoms with E-state index in [2.05, 4.69) is 25.9 Å². The molecule has 1 aliphatic rings. The van der Waals surface area contributed by atoms with Crippen LogP contribution in [0.5, 0.6) is 0 Å². The Hall–Kier alpha value is -1.53. The van der Waals surface area contributed by atoms with Crippen LogP contribution in [0.1, 0.15) is 25.7 Å². The van der Waals surface area contributed by atoms with E-state index in [-0.39, 0.29) is 11.8 Å². The number of aromatic nitrogens is 2. The summed E-state index contributed by atoms with van der Waals surface area (Å²) in [4.78, 5) is 19.7. The van der Waals surface area contributed by atoms with Crippen LogP contribution in [0, 0.1) is 0 Å². The first-order valence-electron chi connectivity index (χ1n) is 6.55. The number of rotatable bonds is 2. The number of carbonyl (C=O) groups excluding carboxylic acids is 1. The van der Waals surface area contributed by atoms with Gasteiger partial charge in [-0.05, 0) is 31.0 Å². The summed E-state index contributed by atoms with van der Waals surface area (Å²) in [6, 6.07) is 5.61. The Morgan fingerprint density at radius 2 is 2.00 bits per heavy atom.